The topological polar surface area (TPSA) is 107 Å². The van der Waals surface area contributed by atoms with E-state index in [2.05, 4.69) is 4.98 Å². The zero-order chi connectivity index (χ0) is 11.6. The van der Waals surface area contributed by atoms with Crippen molar-refractivity contribution in [3.8, 4) is 0 Å². The molecule has 0 aliphatic heterocycles. The molecule has 1 aromatic rings. The molecule has 0 amide bonds. The van der Waals surface area contributed by atoms with E-state index < -0.39 is 10.5 Å². The maximum Gasteiger partial charge on any atom is 0.383 e. The molecule has 7 nitrogen and oxygen atoms in total. The van der Waals surface area contributed by atoms with Gasteiger partial charge in [-0.25, -0.2) is 0 Å². The number of nitrogens with two attached hydrogens (primary N) is 1. The lowest BCUT2D eigenvalue weighted by atomic mass is 10.1. The van der Waals surface area contributed by atoms with Gasteiger partial charge in [-0.05, 0) is 28.4 Å². The fourth-order valence-electron chi connectivity index (χ4n) is 1.01. The molecular formula is C7H11ClN4O3. The first-order valence-electron chi connectivity index (χ1n) is 4.15. The molecule has 1 atom stereocenters. The summed E-state index contributed by atoms with van der Waals surface area (Å²) in [6.07, 6.45) is 1.16. The zero-order valence-corrected chi connectivity index (χ0v) is 8.81. The molecule has 0 aliphatic carbocycles. The second kappa shape index (κ2) is 4.13. The fourth-order valence-corrected chi connectivity index (χ4v) is 1.21. The molecule has 0 saturated carbocycles. The molecule has 1 heterocycles. The molecule has 8 heteroatoms. The Balaban J connectivity index is 2.91. The zero-order valence-electron chi connectivity index (χ0n) is 8.05. The molecule has 0 aliphatic rings. The molecule has 3 N–H and O–H groups in total. The Labute approximate surface area is 90.6 Å². The number of aromatic nitrogens is 2. The Morgan fingerprint density at radius 1 is 1.87 bits per heavy atom. The van der Waals surface area contributed by atoms with E-state index in [9.17, 15) is 15.2 Å². The lowest BCUT2D eigenvalue weighted by Crippen LogP contribution is -2.38. The predicted octanol–water partition coefficient (Wildman–Crippen LogP) is 0.154. The SMILES string of the molecule is C[C@](O)(CN)Cn1cc([N+](=O)[O-])nc1Cl. The van der Waals surface area contributed by atoms with E-state index in [1.54, 1.807) is 0 Å². The summed E-state index contributed by atoms with van der Waals surface area (Å²) in [6, 6.07) is 0. The van der Waals surface area contributed by atoms with Gasteiger partial charge in [0.15, 0.2) is 0 Å². The van der Waals surface area contributed by atoms with Crippen LogP contribution in [0.1, 0.15) is 6.92 Å². The van der Waals surface area contributed by atoms with Gasteiger partial charge in [0.1, 0.15) is 6.20 Å². The normalized spacial score (nSPS) is 14.9. The van der Waals surface area contributed by atoms with Crippen molar-refractivity contribution in [1.82, 2.24) is 9.55 Å². The number of aliphatic hydroxyl groups is 1. The summed E-state index contributed by atoms with van der Waals surface area (Å²) in [5, 5.41) is 20.0. The molecule has 1 rings (SSSR count). The maximum absolute atomic E-state index is 10.4. The van der Waals surface area contributed by atoms with Crippen LogP contribution in [0.2, 0.25) is 5.28 Å². The monoisotopic (exact) mass is 234 g/mol. The van der Waals surface area contributed by atoms with Crippen LogP contribution in [0.4, 0.5) is 5.82 Å². The average Bonchev–Trinajstić information content (AvgIpc) is 2.47. The lowest BCUT2D eigenvalue weighted by molar-refractivity contribution is -0.389. The van der Waals surface area contributed by atoms with E-state index in [1.165, 1.54) is 11.5 Å². The van der Waals surface area contributed by atoms with Crippen molar-refractivity contribution in [2.75, 3.05) is 6.54 Å². The quantitative estimate of drug-likeness (QED) is 0.570. The molecule has 0 saturated heterocycles. The van der Waals surface area contributed by atoms with Gasteiger partial charge in [0.05, 0.1) is 12.1 Å². The van der Waals surface area contributed by atoms with Crippen LogP contribution in [-0.2, 0) is 6.54 Å². The Bertz CT molecular complexity index is 376. The first-order valence-corrected chi connectivity index (χ1v) is 4.53. The largest absolute Gasteiger partial charge is 0.387 e. The summed E-state index contributed by atoms with van der Waals surface area (Å²) in [7, 11) is 0. The third kappa shape index (κ3) is 2.88. The van der Waals surface area contributed by atoms with Gasteiger partial charge in [-0.1, -0.05) is 0 Å². The maximum atomic E-state index is 10.4. The number of imidazole rings is 1. The number of rotatable bonds is 4. The molecule has 84 valence electrons. The number of nitrogens with zero attached hydrogens (tertiary/aromatic N) is 3. The van der Waals surface area contributed by atoms with E-state index in [-0.39, 0.29) is 24.2 Å². The van der Waals surface area contributed by atoms with Crippen LogP contribution in [0.15, 0.2) is 6.20 Å². The predicted molar refractivity (Wildman–Crippen MR) is 53.6 cm³/mol. The van der Waals surface area contributed by atoms with Crippen LogP contribution in [0.5, 0.6) is 0 Å². The van der Waals surface area contributed by atoms with Gasteiger partial charge in [-0.2, -0.15) is 0 Å². The minimum atomic E-state index is -1.17. The van der Waals surface area contributed by atoms with Crippen molar-refractivity contribution in [2.45, 2.75) is 19.1 Å². The van der Waals surface area contributed by atoms with Crippen LogP contribution < -0.4 is 5.73 Å². The number of halogens is 1. The van der Waals surface area contributed by atoms with Crippen molar-refractivity contribution >= 4 is 17.4 Å². The number of hydrogen-bond acceptors (Lipinski definition) is 5. The lowest BCUT2D eigenvalue weighted by Gasteiger charge is -2.20. The first-order chi connectivity index (χ1) is 6.85. The average molecular weight is 235 g/mol. The summed E-state index contributed by atoms with van der Waals surface area (Å²) in [4.78, 5) is 13.2. The highest BCUT2D eigenvalue weighted by molar-refractivity contribution is 6.28. The molecule has 0 unspecified atom stereocenters. The van der Waals surface area contributed by atoms with E-state index in [0.29, 0.717) is 0 Å². The van der Waals surface area contributed by atoms with Crippen molar-refractivity contribution in [3.63, 3.8) is 0 Å². The van der Waals surface area contributed by atoms with Gasteiger partial charge in [-0.15, -0.1) is 0 Å². The van der Waals surface area contributed by atoms with E-state index >= 15 is 0 Å². The molecule has 0 spiro atoms. The summed E-state index contributed by atoms with van der Waals surface area (Å²) in [5.41, 5.74) is 4.14. The van der Waals surface area contributed by atoms with Crippen molar-refractivity contribution < 1.29 is 10.0 Å². The van der Waals surface area contributed by atoms with Crippen LogP contribution in [0.25, 0.3) is 0 Å². The van der Waals surface area contributed by atoms with E-state index in [1.807, 2.05) is 0 Å². The van der Waals surface area contributed by atoms with Gasteiger partial charge in [0.25, 0.3) is 0 Å². The van der Waals surface area contributed by atoms with Crippen LogP contribution in [0.3, 0.4) is 0 Å². The van der Waals surface area contributed by atoms with Crippen molar-refractivity contribution in [1.29, 1.82) is 0 Å². The van der Waals surface area contributed by atoms with Gasteiger partial charge in [0, 0.05) is 6.54 Å². The standard InChI is InChI=1S/C7H11ClN4O3/c1-7(13,3-9)4-11-2-5(12(14)15)10-6(11)8/h2,13H,3-4,9H2,1H3/t7-/m0/s1. The fraction of sp³-hybridized carbons (Fsp3) is 0.571. The van der Waals surface area contributed by atoms with Crippen LogP contribution >= 0.6 is 11.6 Å². The molecule has 15 heavy (non-hydrogen) atoms. The van der Waals surface area contributed by atoms with E-state index in [0.717, 1.165) is 6.20 Å². The van der Waals surface area contributed by atoms with Gasteiger partial charge in [-0.3, -0.25) is 4.57 Å². The van der Waals surface area contributed by atoms with Crippen LogP contribution in [0, 0.1) is 10.1 Å². The second-order valence-corrected chi connectivity index (χ2v) is 3.79. The highest BCUT2D eigenvalue weighted by Crippen LogP contribution is 2.18. The molecule has 0 radical (unpaired) electrons. The first kappa shape index (κ1) is 11.9. The second-order valence-electron chi connectivity index (χ2n) is 3.45. The Hall–Kier alpha value is -1.18. The molecular weight excluding hydrogens is 224 g/mol. The summed E-state index contributed by atoms with van der Waals surface area (Å²) in [6.45, 7) is 1.59. The van der Waals surface area contributed by atoms with Crippen LogP contribution in [-0.4, -0.2) is 31.7 Å². The van der Waals surface area contributed by atoms with Crippen molar-refractivity contribution in [2.24, 2.45) is 5.73 Å². The van der Waals surface area contributed by atoms with E-state index in [4.69, 9.17) is 17.3 Å². The summed E-state index contributed by atoms with van der Waals surface area (Å²) < 4.78 is 1.28. The number of hydrogen-bond donors (Lipinski definition) is 2. The molecule has 0 bridgehead atoms. The van der Waals surface area contributed by atoms with Gasteiger partial charge >= 0.3 is 11.1 Å². The number of nitro groups is 1. The minimum absolute atomic E-state index is 0.0231. The van der Waals surface area contributed by atoms with Gasteiger partial charge < -0.3 is 21.0 Å². The summed E-state index contributed by atoms with van der Waals surface area (Å²) in [5.74, 6) is -0.354. The van der Waals surface area contributed by atoms with Crippen molar-refractivity contribution in [3.05, 3.63) is 21.6 Å². The Kier molecular flexibility index (Phi) is 3.28. The Morgan fingerprint density at radius 3 is 2.87 bits per heavy atom. The molecule has 0 fully saturated rings. The minimum Gasteiger partial charge on any atom is -0.387 e. The highest BCUT2D eigenvalue weighted by atomic mass is 35.5. The smallest absolute Gasteiger partial charge is 0.383 e. The molecule has 1 aromatic heterocycles. The van der Waals surface area contributed by atoms with Gasteiger partial charge in [0.2, 0.25) is 0 Å². The molecule has 0 aromatic carbocycles. The third-order valence-corrected chi connectivity index (χ3v) is 2.15. The summed E-state index contributed by atoms with van der Waals surface area (Å²) >= 11 is 5.65. The highest BCUT2D eigenvalue weighted by Gasteiger charge is 2.24. The third-order valence-electron chi connectivity index (χ3n) is 1.85. The Morgan fingerprint density at radius 2 is 2.47 bits per heavy atom.